The molecule has 0 aliphatic heterocycles. The summed E-state index contributed by atoms with van der Waals surface area (Å²) >= 11 is 17.4. The monoisotopic (exact) mass is 378 g/mol. The quantitative estimate of drug-likeness (QED) is 0.730. The third-order valence-electron chi connectivity index (χ3n) is 2.70. The normalized spacial score (nSPS) is 10.3. The van der Waals surface area contributed by atoms with Gasteiger partial charge in [0.05, 0.1) is 20.8 Å². The summed E-state index contributed by atoms with van der Waals surface area (Å²) in [7, 11) is 0. The van der Waals surface area contributed by atoms with Crippen molar-refractivity contribution in [2.75, 3.05) is 5.32 Å². The number of anilines is 1. The Labute approximate surface area is 144 Å². The number of carbonyl (C=O) groups excluding carboxylic acids is 2. The molecule has 120 valence electrons. The van der Waals surface area contributed by atoms with Gasteiger partial charge in [-0.15, -0.1) is 0 Å². The van der Waals surface area contributed by atoms with E-state index in [1.165, 1.54) is 12.1 Å². The van der Waals surface area contributed by atoms with Gasteiger partial charge in [0, 0.05) is 0 Å². The van der Waals surface area contributed by atoms with Crippen molar-refractivity contribution in [2.24, 2.45) is 0 Å². The average Bonchev–Trinajstić information content (AvgIpc) is 2.47. The summed E-state index contributed by atoms with van der Waals surface area (Å²) in [6, 6.07) is 4.57. The summed E-state index contributed by atoms with van der Waals surface area (Å²) in [6.07, 6.45) is 0. The second-order valence-electron chi connectivity index (χ2n) is 4.23. The van der Waals surface area contributed by atoms with E-state index in [-0.39, 0.29) is 20.8 Å². The molecule has 0 aromatic heterocycles. The summed E-state index contributed by atoms with van der Waals surface area (Å²) < 4.78 is 26.9. The van der Waals surface area contributed by atoms with Gasteiger partial charge in [0.15, 0.2) is 0 Å². The van der Waals surface area contributed by atoms with Crippen molar-refractivity contribution in [1.82, 2.24) is 5.32 Å². The number of halogens is 5. The number of hydrogen-bond acceptors (Lipinski definition) is 2. The molecule has 0 unspecified atom stereocenters. The first-order chi connectivity index (χ1) is 10.8. The zero-order valence-corrected chi connectivity index (χ0v) is 13.4. The van der Waals surface area contributed by atoms with E-state index < -0.39 is 29.1 Å². The molecule has 0 saturated carbocycles. The van der Waals surface area contributed by atoms with Gasteiger partial charge in [-0.05, 0) is 24.3 Å². The summed E-state index contributed by atoms with van der Waals surface area (Å²) in [4.78, 5) is 23.5. The zero-order chi connectivity index (χ0) is 17.1. The second-order valence-corrected chi connectivity index (χ2v) is 5.39. The predicted octanol–water partition coefficient (Wildman–Crippen LogP) is 4.89. The van der Waals surface area contributed by atoms with Crippen LogP contribution in [0.1, 0.15) is 10.4 Å². The molecule has 2 rings (SSSR count). The van der Waals surface area contributed by atoms with Gasteiger partial charge in [0.2, 0.25) is 0 Å². The molecule has 0 radical (unpaired) electrons. The molecular formula is C14H7Cl3F2N2O2. The van der Waals surface area contributed by atoms with Crippen LogP contribution in [-0.4, -0.2) is 11.9 Å². The van der Waals surface area contributed by atoms with Gasteiger partial charge in [-0.2, -0.15) is 0 Å². The second kappa shape index (κ2) is 7.12. The zero-order valence-electron chi connectivity index (χ0n) is 11.1. The minimum atomic E-state index is -1.24. The minimum Gasteiger partial charge on any atom is -0.306 e. The van der Waals surface area contributed by atoms with E-state index in [0.717, 1.165) is 18.2 Å². The van der Waals surface area contributed by atoms with Crippen molar-refractivity contribution in [3.05, 3.63) is 62.6 Å². The maximum absolute atomic E-state index is 13.5. The maximum Gasteiger partial charge on any atom is 0.326 e. The van der Waals surface area contributed by atoms with Gasteiger partial charge in [0.1, 0.15) is 17.2 Å². The van der Waals surface area contributed by atoms with Crippen molar-refractivity contribution < 1.29 is 18.4 Å². The third-order valence-corrected chi connectivity index (χ3v) is 3.99. The standard InChI is InChI=1S/C14H7Cl3F2N2O2/c15-6-4-5-9(12(17)11(6)16)20-14(23)21-13(22)10-7(18)2-1-3-8(10)19/h1-5H,(H2,20,21,22,23). The molecule has 0 bridgehead atoms. The van der Waals surface area contributed by atoms with E-state index in [9.17, 15) is 18.4 Å². The van der Waals surface area contributed by atoms with Crippen LogP contribution in [0.4, 0.5) is 19.3 Å². The van der Waals surface area contributed by atoms with Crippen molar-refractivity contribution in [2.45, 2.75) is 0 Å². The molecule has 2 aromatic carbocycles. The first-order valence-electron chi connectivity index (χ1n) is 6.01. The topological polar surface area (TPSA) is 58.2 Å². The van der Waals surface area contributed by atoms with E-state index in [0.29, 0.717) is 0 Å². The van der Waals surface area contributed by atoms with Crippen LogP contribution in [0.5, 0.6) is 0 Å². The highest BCUT2D eigenvalue weighted by Crippen LogP contribution is 2.35. The SMILES string of the molecule is O=C(NC(=O)c1c(F)cccc1F)Nc1ccc(Cl)c(Cl)c1Cl. The van der Waals surface area contributed by atoms with Gasteiger partial charge in [-0.1, -0.05) is 40.9 Å². The fourth-order valence-electron chi connectivity index (χ4n) is 1.66. The van der Waals surface area contributed by atoms with Crippen LogP contribution in [-0.2, 0) is 0 Å². The molecule has 0 aliphatic rings. The molecule has 2 N–H and O–H groups in total. The maximum atomic E-state index is 13.5. The number of carbonyl (C=O) groups is 2. The van der Waals surface area contributed by atoms with Gasteiger partial charge >= 0.3 is 6.03 Å². The predicted molar refractivity (Wildman–Crippen MR) is 84.3 cm³/mol. The van der Waals surface area contributed by atoms with E-state index in [2.05, 4.69) is 5.32 Å². The number of benzene rings is 2. The molecule has 4 nitrogen and oxygen atoms in total. The summed E-state index contributed by atoms with van der Waals surface area (Å²) in [5.41, 5.74) is -0.803. The van der Waals surface area contributed by atoms with Crippen LogP contribution < -0.4 is 10.6 Å². The third kappa shape index (κ3) is 3.90. The van der Waals surface area contributed by atoms with Crippen LogP contribution in [0.2, 0.25) is 15.1 Å². The molecule has 9 heteroatoms. The summed E-state index contributed by atoms with van der Waals surface area (Å²) in [5, 5.41) is 4.15. The Morgan fingerprint density at radius 1 is 0.913 bits per heavy atom. The van der Waals surface area contributed by atoms with Crippen LogP contribution >= 0.6 is 34.8 Å². The Balaban J connectivity index is 2.14. The number of amides is 3. The Kier molecular flexibility index (Phi) is 5.41. The van der Waals surface area contributed by atoms with Crippen LogP contribution in [0, 0.1) is 11.6 Å². The number of hydrogen-bond donors (Lipinski definition) is 2. The fourth-order valence-corrected chi connectivity index (χ4v) is 2.24. The molecule has 0 heterocycles. The van der Waals surface area contributed by atoms with Gasteiger partial charge in [-0.25, -0.2) is 13.6 Å². The molecule has 2 aromatic rings. The average molecular weight is 380 g/mol. The number of nitrogens with one attached hydrogen (secondary N) is 2. The first kappa shape index (κ1) is 17.5. The van der Waals surface area contributed by atoms with Crippen molar-refractivity contribution in [3.8, 4) is 0 Å². The Bertz CT molecular complexity index is 780. The smallest absolute Gasteiger partial charge is 0.306 e. The van der Waals surface area contributed by atoms with Crippen LogP contribution in [0.25, 0.3) is 0 Å². The first-order valence-corrected chi connectivity index (χ1v) is 7.14. The largest absolute Gasteiger partial charge is 0.326 e. The van der Waals surface area contributed by atoms with Crippen molar-refractivity contribution in [3.63, 3.8) is 0 Å². The molecule has 0 spiro atoms. The van der Waals surface area contributed by atoms with Gasteiger partial charge in [-0.3, -0.25) is 10.1 Å². The number of urea groups is 1. The molecule has 23 heavy (non-hydrogen) atoms. The van der Waals surface area contributed by atoms with E-state index in [4.69, 9.17) is 34.8 Å². The van der Waals surface area contributed by atoms with E-state index in [1.54, 1.807) is 5.32 Å². The van der Waals surface area contributed by atoms with Crippen LogP contribution in [0.15, 0.2) is 30.3 Å². The highest BCUT2D eigenvalue weighted by molar-refractivity contribution is 6.49. The van der Waals surface area contributed by atoms with E-state index in [1.807, 2.05) is 0 Å². The lowest BCUT2D eigenvalue weighted by Gasteiger charge is -2.10. The van der Waals surface area contributed by atoms with Crippen LogP contribution in [0.3, 0.4) is 0 Å². The summed E-state index contributed by atoms with van der Waals surface area (Å²) in [6.45, 7) is 0. The lowest BCUT2D eigenvalue weighted by molar-refractivity contribution is 0.0959. The molecule has 0 saturated heterocycles. The Morgan fingerprint density at radius 3 is 2.13 bits per heavy atom. The van der Waals surface area contributed by atoms with Gasteiger partial charge < -0.3 is 5.32 Å². The lowest BCUT2D eigenvalue weighted by Crippen LogP contribution is -2.35. The molecule has 0 atom stereocenters. The lowest BCUT2D eigenvalue weighted by atomic mass is 10.2. The molecular weight excluding hydrogens is 373 g/mol. The Hall–Kier alpha value is -1.89. The molecule has 0 aliphatic carbocycles. The Morgan fingerprint density at radius 2 is 1.52 bits per heavy atom. The fraction of sp³-hybridized carbons (Fsp3) is 0. The van der Waals surface area contributed by atoms with Crippen molar-refractivity contribution in [1.29, 1.82) is 0 Å². The number of imide groups is 1. The van der Waals surface area contributed by atoms with Crippen molar-refractivity contribution >= 4 is 52.4 Å². The van der Waals surface area contributed by atoms with E-state index >= 15 is 0 Å². The minimum absolute atomic E-state index is 0.0117. The molecule has 0 fully saturated rings. The summed E-state index contributed by atoms with van der Waals surface area (Å²) in [5.74, 6) is -3.43. The molecule has 3 amide bonds. The number of rotatable bonds is 2. The highest BCUT2D eigenvalue weighted by atomic mass is 35.5. The highest BCUT2D eigenvalue weighted by Gasteiger charge is 2.20. The van der Waals surface area contributed by atoms with Gasteiger partial charge in [0.25, 0.3) is 5.91 Å².